The molecule has 0 aliphatic carbocycles. The van der Waals surface area contributed by atoms with Crippen LogP contribution in [0, 0.1) is 0 Å². The van der Waals surface area contributed by atoms with Crippen molar-refractivity contribution in [2.24, 2.45) is 0 Å². The second kappa shape index (κ2) is 13.5. The number of unbranched alkanes of at least 4 members (excludes halogenated alkanes) is 1. The maximum absolute atomic E-state index is 12.3. The molecular weight excluding hydrogens is 384 g/mol. The molecule has 0 heterocycles. The summed E-state index contributed by atoms with van der Waals surface area (Å²) in [5.74, 6) is -0.325. The molecule has 10 heteroatoms. The average Bonchev–Trinajstić information content (AvgIpc) is 2.62. The molecule has 0 saturated carbocycles. The quantitative estimate of drug-likeness (QED) is 0.0904. The molecule has 10 nitrogen and oxygen atoms in total. The van der Waals surface area contributed by atoms with E-state index < -0.39 is 48.9 Å². The third kappa shape index (κ3) is 11.8. The summed E-state index contributed by atoms with van der Waals surface area (Å²) in [6, 6.07) is -0.355. The summed E-state index contributed by atoms with van der Waals surface area (Å²) < 4.78 is 5.42. The molecule has 0 bridgehead atoms. The fourth-order valence-corrected chi connectivity index (χ4v) is 2.61. The zero-order valence-corrected chi connectivity index (χ0v) is 18.1. The Hall–Kier alpha value is -0.850. The first kappa shape index (κ1) is 28.1. The number of esters is 1. The van der Waals surface area contributed by atoms with Gasteiger partial charge in [-0.15, -0.1) is 0 Å². The van der Waals surface area contributed by atoms with Crippen molar-refractivity contribution < 1.29 is 40.2 Å². The molecule has 0 aliphatic heterocycles. The maximum Gasteiger partial charge on any atom is 0.323 e. The van der Waals surface area contributed by atoms with E-state index in [1.54, 1.807) is 20.8 Å². The predicted octanol–water partition coefficient (Wildman–Crippen LogP) is -1.79. The smallest absolute Gasteiger partial charge is 0.323 e. The molecule has 0 radical (unpaired) electrons. The Morgan fingerprint density at radius 3 is 2.03 bits per heavy atom. The summed E-state index contributed by atoms with van der Waals surface area (Å²) in [5.41, 5.74) is -0.579. The lowest BCUT2D eigenvalue weighted by Crippen LogP contribution is -2.53. The minimum absolute atomic E-state index is 0.102. The van der Waals surface area contributed by atoms with Crippen LogP contribution < -0.4 is 10.6 Å². The molecular formula is C19H40N2O8. The van der Waals surface area contributed by atoms with E-state index in [-0.39, 0.29) is 18.6 Å². The number of aliphatic hydroxyl groups is 6. The highest BCUT2D eigenvalue weighted by atomic mass is 16.6. The molecule has 6 unspecified atom stereocenters. The Morgan fingerprint density at radius 2 is 1.55 bits per heavy atom. The van der Waals surface area contributed by atoms with Crippen LogP contribution in [-0.2, 0) is 9.53 Å². The number of rotatable bonds is 14. The van der Waals surface area contributed by atoms with E-state index >= 15 is 0 Å². The van der Waals surface area contributed by atoms with Gasteiger partial charge in [-0.3, -0.25) is 10.1 Å². The van der Waals surface area contributed by atoms with Crippen LogP contribution in [-0.4, -0.2) is 98.1 Å². The lowest BCUT2D eigenvalue weighted by atomic mass is 10.0. The second-order valence-electron chi connectivity index (χ2n) is 8.52. The number of carbonyl (C=O) groups is 1. The Balaban J connectivity index is 4.39. The lowest BCUT2D eigenvalue weighted by molar-refractivity contribution is -0.158. The van der Waals surface area contributed by atoms with Gasteiger partial charge in [0.15, 0.2) is 0 Å². The molecule has 0 amide bonds. The highest BCUT2D eigenvalue weighted by Gasteiger charge is 2.33. The summed E-state index contributed by atoms with van der Waals surface area (Å²) in [6.07, 6.45) is -6.85. The number of carbonyl (C=O) groups excluding carboxylic acids is 1. The van der Waals surface area contributed by atoms with Gasteiger partial charge in [-0.05, 0) is 40.2 Å². The van der Waals surface area contributed by atoms with E-state index in [1.165, 1.54) is 0 Å². The first-order valence-corrected chi connectivity index (χ1v) is 10.0. The Kier molecular flexibility index (Phi) is 13.1. The maximum atomic E-state index is 12.3. The first-order chi connectivity index (χ1) is 13.3. The Morgan fingerprint density at radius 1 is 0.966 bits per heavy atom. The average molecular weight is 425 g/mol. The first-order valence-electron chi connectivity index (χ1n) is 10.0. The number of hydrogen-bond donors (Lipinski definition) is 8. The van der Waals surface area contributed by atoms with Crippen molar-refractivity contribution in [3.05, 3.63) is 0 Å². The monoisotopic (exact) mass is 424 g/mol. The summed E-state index contributed by atoms with van der Waals surface area (Å²) in [6.45, 7) is 8.77. The van der Waals surface area contributed by atoms with Crippen molar-refractivity contribution in [1.82, 2.24) is 10.6 Å². The molecule has 0 aromatic heterocycles. The molecule has 29 heavy (non-hydrogen) atoms. The zero-order valence-electron chi connectivity index (χ0n) is 18.1. The van der Waals surface area contributed by atoms with Gasteiger partial charge >= 0.3 is 5.97 Å². The molecule has 174 valence electrons. The zero-order chi connectivity index (χ0) is 22.8. The number of aliphatic hydroxyl groups excluding tert-OH is 6. The van der Waals surface area contributed by atoms with Gasteiger partial charge in [0.2, 0.25) is 0 Å². The summed E-state index contributed by atoms with van der Waals surface area (Å²) in [5, 5.41) is 62.9. The van der Waals surface area contributed by atoms with Crippen molar-refractivity contribution in [1.29, 1.82) is 0 Å². The van der Waals surface area contributed by atoms with Crippen molar-refractivity contribution in [3.8, 4) is 0 Å². The van der Waals surface area contributed by atoms with Crippen LogP contribution in [0.25, 0.3) is 0 Å². The van der Waals surface area contributed by atoms with E-state index in [0.717, 1.165) is 0 Å². The van der Waals surface area contributed by atoms with Gasteiger partial charge in [0.05, 0.1) is 6.61 Å². The highest BCUT2D eigenvalue weighted by Crippen LogP contribution is 2.12. The molecule has 0 aromatic carbocycles. The van der Waals surface area contributed by atoms with Gasteiger partial charge in [0.25, 0.3) is 0 Å². The molecule has 0 saturated heterocycles. The molecule has 0 aliphatic rings. The number of ether oxygens (including phenoxy) is 1. The summed E-state index contributed by atoms with van der Waals surface area (Å²) >= 11 is 0. The molecule has 8 N–H and O–H groups in total. The molecule has 0 spiro atoms. The van der Waals surface area contributed by atoms with Gasteiger partial charge in [-0.2, -0.15) is 0 Å². The fraction of sp³-hybridized carbons (Fsp3) is 0.947. The van der Waals surface area contributed by atoms with E-state index in [0.29, 0.717) is 19.3 Å². The topological polar surface area (TPSA) is 172 Å². The Bertz CT molecular complexity index is 458. The number of nitrogens with one attached hydrogen (secondary N) is 2. The largest absolute Gasteiger partial charge is 0.459 e. The van der Waals surface area contributed by atoms with Crippen molar-refractivity contribution in [2.75, 3.05) is 13.2 Å². The number of hydrogen-bond acceptors (Lipinski definition) is 10. The third-order valence-electron chi connectivity index (χ3n) is 4.10. The second-order valence-corrected chi connectivity index (χ2v) is 8.52. The van der Waals surface area contributed by atoms with Crippen molar-refractivity contribution in [2.45, 2.75) is 102 Å². The lowest BCUT2D eigenvalue weighted by Gasteiger charge is -2.29. The molecule has 0 rings (SSSR count). The van der Waals surface area contributed by atoms with Crippen LogP contribution in [0.1, 0.15) is 53.9 Å². The summed E-state index contributed by atoms with van der Waals surface area (Å²) in [4.78, 5) is 12.3. The van der Waals surface area contributed by atoms with Crippen molar-refractivity contribution >= 4 is 5.97 Å². The normalized spacial score (nSPS) is 18.8. The molecule has 0 aromatic rings. The van der Waals surface area contributed by atoms with E-state index in [4.69, 9.17) is 9.84 Å². The predicted molar refractivity (Wildman–Crippen MR) is 107 cm³/mol. The molecule has 6 atom stereocenters. The van der Waals surface area contributed by atoms with E-state index in [2.05, 4.69) is 10.6 Å². The van der Waals surface area contributed by atoms with Crippen LogP contribution in [0.3, 0.4) is 0 Å². The van der Waals surface area contributed by atoms with Crippen molar-refractivity contribution in [3.63, 3.8) is 0 Å². The van der Waals surface area contributed by atoms with Gasteiger partial charge in [0, 0.05) is 6.04 Å². The van der Waals surface area contributed by atoms with Crippen LogP contribution >= 0.6 is 0 Å². The van der Waals surface area contributed by atoms with Gasteiger partial charge in [-0.1, -0.05) is 20.3 Å². The molecule has 0 fully saturated rings. The van der Waals surface area contributed by atoms with Crippen LogP contribution in [0.2, 0.25) is 0 Å². The third-order valence-corrected chi connectivity index (χ3v) is 4.10. The highest BCUT2D eigenvalue weighted by molar-refractivity contribution is 5.76. The standard InChI is InChI=1S/C19H40N2O8/c1-11(2)21-12(18(28)29-19(3,4)5)8-6-7-9-20-17(27)16(26)15(25)14(24)13(23)10-22/h11-17,20-27H,6-10H2,1-5H3. The Labute approximate surface area is 172 Å². The van der Waals surface area contributed by atoms with E-state index in [1.807, 2.05) is 13.8 Å². The SMILES string of the molecule is CC(C)NC(CCCCNC(O)C(O)C(O)C(O)C(O)CO)C(=O)OC(C)(C)C. The minimum atomic E-state index is -1.84. The van der Waals surface area contributed by atoms with E-state index in [9.17, 15) is 30.3 Å². The summed E-state index contributed by atoms with van der Waals surface area (Å²) in [7, 11) is 0. The fourth-order valence-electron chi connectivity index (χ4n) is 2.61. The van der Waals surface area contributed by atoms with Gasteiger partial charge < -0.3 is 40.7 Å². The van der Waals surface area contributed by atoms with Crippen LogP contribution in [0.4, 0.5) is 0 Å². The van der Waals surface area contributed by atoms with Gasteiger partial charge in [0.1, 0.15) is 42.3 Å². The minimum Gasteiger partial charge on any atom is -0.459 e. The van der Waals surface area contributed by atoms with Crippen LogP contribution in [0.15, 0.2) is 0 Å². The van der Waals surface area contributed by atoms with Crippen LogP contribution in [0.5, 0.6) is 0 Å². The van der Waals surface area contributed by atoms with Gasteiger partial charge in [-0.25, -0.2) is 0 Å².